The van der Waals surface area contributed by atoms with Gasteiger partial charge >= 0.3 is 0 Å². The van der Waals surface area contributed by atoms with Gasteiger partial charge in [0.2, 0.25) is 10.0 Å². The number of nitrogens with zero attached hydrogens (tertiary/aromatic N) is 3. The van der Waals surface area contributed by atoms with Crippen LogP contribution in [0.2, 0.25) is 10.0 Å². The average Bonchev–Trinajstić information content (AvgIpc) is 2.50. The van der Waals surface area contributed by atoms with E-state index in [4.69, 9.17) is 23.2 Å². The van der Waals surface area contributed by atoms with Crippen LogP contribution in [0.5, 0.6) is 0 Å². The fourth-order valence-electron chi connectivity index (χ4n) is 2.59. The molecule has 1 aromatic carbocycles. The Balaban J connectivity index is 1.94. The van der Waals surface area contributed by atoms with E-state index < -0.39 is 10.0 Å². The SMILES string of the molecule is CN(C)CCCN1CCN(S(=O)(=O)c2ccc(Cl)c(Cl)c2)CC1. The first kappa shape index (κ1) is 19.0. The summed E-state index contributed by atoms with van der Waals surface area (Å²) >= 11 is 11.8. The first-order chi connectivity index (χ1) is 10.8. The molecule has 23 heavy (non-hydrogen) atoms. The van der Waals surface area contributed by atoms with Gasteiger partial charge < -0.3 is 9.80 Å². The Kier molecular flexibility index (Phi) is 6.71. The van der Waals surface area contributed by atoms with Crippen molar-refractivity contribution in [2.75, 3.05) is 53.4 Å². The monoisotopic (exact) mass is 379 g/mol. The van der Waals surface area contributed by atoms with Crippen molar-refractivity contribution in [1.82, 2.24) is 14.1 Å². The van der Waals surface area contributed by atoms with Gasteiger partial charge in [0.1, 0.15) is 0 Å². The third kappa shape index (κ3) is 5.05. The lowest BCUT2D eigenvalue weighted by Gasteiger charge is -2.34. The van der Waals surface area contributed by atoms with Crippen molar-refractivity contribution in [3.05, 3.63) is 28.2 Å². The second-order valence-corrected chi connectivity index (χ2v) is 8.73. The summed E-state index contributed by atoms with van der Waals surface area (Å²) in [7, 11) is 0.611. The molecule has 1 aliphatic heterocycles. The summed E-state index contributed by atoms with van der Waals surface area (Å²) < 4.78 is 26.8. The maximum absolute atomic E-state index is 12.7. The van der Waals surface area contributed by atoms with Gasteiger partial charge in [-0.3, -0.25) is 0 Å². The maximum Gasteiger partial charge on any atom is 0.243 e. The van der Waals surface area contributed by atoms with E-state index in [9.17, 15) is 8.42 Å². The molecule has 5 nitrogen and oxygen atoms in total. The number of hydrogen-bond acceptors (Lipinski definition) is 4. The zero-order chi connectivity index (χ0) is 17.0. The molecule has 2 rings (SSSR count). The Morgan fingerprint density at radius 3 is 2.30 bits per heavy atom. The second-order valence-electron chi connectivity index (χ2n) is 5.98. The highest BCUT2D eigenvalue weighted by atomic mass is 35.5. The summed E-state index contributed by atoms with van der Waals surface area (Å²) in [6.07, 6.45) is 1.09. The molecule has 0 unspecified atom stereocenters. The molecular weight excluding hydrogens is 357 g/mol. The van der Waals surface area contributed by atoms with Crippen LogP contribution in [0, 0.1) is 0 Å². The van der Waals surface area contributed by atoms with Crippen LogP contribution in [0.1, 0.15) is 6.42 Å². The Morgan fingerprint density at radius 2 is 1.74 bits per heavy atom. The van der Waals surface area contributed by atoms with Gasteiger partial charge in [-0.15, -0.1) is 0 Å². The van der Waals surface area contributed by atoms with Gasteiger partial charge in [-0.2, -0.15) is 4.31 Å². The van der Waals surface area contributed by atoms with Crippen LogP contribution in [0.15, 0.2) is 23.1 Å². The van der Waals surface area contributed by atoms with E-state index >= 15 is 0 Å². The molecule has 0 N–H and O–H groups in total. The third-order valence-electron chi connectivity index (χ3n) is 3.94. The first-order valence-electron chi connectivity index (χ1n) is 7.63. The van der Waals surface area contributed by atoms with Crippen molar-refractivity contribution in [2.45, 2.75) is 11.3 Å². The minimum Gasteiger partial charge on any atom is -0.309 e. The van der Waals surface area contributed by atoms with E-state index in [2.05, 4.69) is 23.9 Å². The molecule has 0 spiro atoms. The first-order valence-corrected chi connectivity index (χ1v) is 9.82. The lowest BCUT2D eigenvalue weighted by atomic mass is 10.3. The predicted molar refractivity (Wildman–Crippen MR) is 94.8 cm³/mol. The summed E-state index contributed by atoms with van der Waals surface area (Å²) in [5.74, 6) is 0. The van der Waals surface area contributed by atoms with Crippen molar-refractivity contribution in [2.24, 2.45) is 0 Å². The lowest BCUT2D eigenvalue weighted by Crippen LogP contribution is -2.48. The van der Waals surface area contributed by atoms with Gasteiger partial charge in [-0.25, -0.2) is 8.42 Å². The predicted octanol–water partition coefficient (Wildman–Crippen LogP) is 2.25. The summed E-state index contributed by atoms with van der Waals surface area (Å²) in [4.78, 5) is 4.67. The highest BCUT2D eigenvalue weighted by Crippen LogP contribution is 2.27. The van der Waals surface area contributed by atoms with E-state index in [1.54, 1.807) is 0 Å². The molecule has 0 bridgehead atoms. The topological polar surface area (TPSA) is 43.9 Å². The standard InChI is InChI=1S/C15H23Cl2N3O2S/c1-18(2)6-3-7-19-8-10-20(11-9-19)23(21,22)13-4-5-14(16)15(17)12-13/h4-5,12H,3,6-11H2,1-2H3. The average molecular weight is 380 g/mol. The van der Waals surface area contributed by atoms with Gasteiger partial charge in [-0.1, -0.05) is 23.2 Å². The summed E-state index contributed by atoms with van der Waals surface area (Å²) in [5, 5.41) is 0.617. The zero-order valence-electron chi connectivity index (χ0n) is 13.5. The smallest absolute Gasteiger partial charge is 0.243 e. The molecule has 130 valence electrons. The van der Waals surface area contributed by atoms with Crippen molar-refractivity contribution in [3.8, 4) is 0 Å². The van der Waals surface area contributed by atoms with Crippen molar-refractivity contribution < 1.29 is 8.42 Å². The van der Waals surface area contributed by atoms with Gasteiger partial charge in [0.15, 0.2) is 0 Å². The highest BCUT2D eigenvalue weighted by Gasteiger charge is 2.28. The van der Waals surface area contributed by atoms with Crippen LogP contribution in [0.4, 0.5) is 0 Å². The van der Waals surface area contributed by atoms with Gasteiger partial charge in [0.05, 0.1) is 14.9 Å². The van der Waals surface area contributed by atoms with Crippen LogP contribution >= 0.6 is 23.2 Å². The summed E-state index contributed by atoms with van der Waals surface area (Å²) in [6.45, 7) is 4.57. The number of rotatable bonds is 6. The molecule has 0 atom stereocenters. The lowest BCUT2D eigenvalue weighted by molar-refractivity contribution is 0.181. The molecule has 1 fully saturated rings. The van der Waals surface area contributed by atoms with E-state index in [1.165, 1.54) is 22.5 Å². The molecule has 1 aliphatic rings. The minimum absolute atomic E-state index is 0.202. The third-order valence-corrected chi connectivity index (χ3v) is 6.57. The fourth-order valence-corrected chi connectivity index (χ4v) is 4.40. The zero-order valence-corrected chi connectivity index (χ0v) is 15.8. The molecule has 1 heterocycles. The normalized spacial score (nSPS) is 17.8. The van der Waals surface area contributed by atoms with Crippen LogP contribution in [0.25, 0.3) is 0 Å². The molecule has 8 heteroatoms. The molecule has 1 aromatic rings. The molecule has 0 saturated carbocycles. The van der Waals surface area contributed by atoms with Crippen LogP contribution in [-0.2, 0) is 10.0 Å². The number of benzene rings is 1. The minimum atomic E-state index is -3.50. The maximum atomic E-state index is 12.7. The fraction of sp³-hybridized carbons (Fsp3) is 0.600. The van der Waals surface area contributed by atoms with Crippen molar-refractivity contribution in [3.63, 3.8) is 0 Å². The van der Waals surface area contributed by atoms with Crippen LogP contribution < -0.4 is 0 Å². The Labute approximate surface area is 148 Å². The van der Waals surface area contributed by atoms with E-state index in [-0.39, 0.29) is 9.92 Å². The molecular formula is C15H23Cl2N3O2S. The Bertz CT molecular complexity index is 630. The quantitative estimate of drug-likeness (QED) is 0.760. The highest BCUT2D eigenvalue weighted by molar-refractivity contribution is 7.89. The molecule has 1 saturated heterocycles. The largest absolute Gasteiger partial charge is 0.309 e. The van der Waals surface area contributed by atoms with Crippen molar-refractivity contribution in [1.29, 1.82) is 0 Å². The summed E-state index contributed by atoms with van der Waals surface area (Å²) in [6, 6.07) is 4.45. The van der Waals surface area contributed by atoms with E-state index in [0.717, 1.165) is 32.6 Å². The van der Waals surface area contributed by atoms with Crippen LogP contribution in [0.3, 0.4) is 0 Å². The Hall–Kier alpha value is -0.370. The number of hydrogen-bond donors (Lipinski definition) is 0. The molecule has 0 aromatic heterocycles. The number of halogens is 2. The number of piperazine rings is 1. The molecule has 0 amide bonds. The van der Waals surface area contributed by atoms with E-state index in [0.29, 0.717) is 18.1 Å². The second kappa shape index (κ2) is 8.14. The summed E-state index contributed by atoms with van der Waals surface area (Å²) in [5.41, 5.74) is 0. The van der Waals surface area contributed by atoms with Crippen molar-refractivity contribution >= 4 is 33.2 Å². The van der Waals surface area contributed by atoms with Gasteiger partial charge in [-0.05, 0) is 51.8 Å². The van der Waals surface area contributed by atoms with Gasteiger partial charge in [0.25, 0.3) is 0 Å². The Morgan fingerprint density at radius 1 is 1.09 bits per heavy atom. The molecule has 0 radical (unpaired) electrons. The van der Waals surface area contributed by atoms with E-state index in [1.807, 2.05) is 0 Å². The number of sulfonamides is 1. The van der Waals surface area contributed by atoms with Gasteiger partial charge in [0, 0.05) is 26.2 Å². The van der Waals surface area contributed by atoms with Crippen LogP contribution in [-0.4, -0.2) is 75.9 Å². The molecule has 0 aliphatic carbocycles.